The maximum Gasteiger partial charge on any atom is 0.194 e. The van der Waals surface area contributed by atoms with Gasteiger partial charge in [-0.25, -0.2) is 13.2 Å². The van der Waals surface area contributed by atoms with Crippen LogP contribution in [0.2, 0.25) is 0 Å². The predicted octanol–water partition coefficient (Wildman–Crippen LogP) is 6.93. The summed E-state index contributed by atoms with van der Waals surface area (Å²) in [5.74, 6) is -1.23. The van der Waals surface area contributed by atoms with E-state index in [0.29, 0.717) is 23.8 Å². The summed E-state index contributed by atoms with van der Waals surface area (Å²) < 4.78 is 52.3. The fourth-order valence-corrected chi connectivity index (χ4v) is 5.05. The van der Waals surface area contributed by atoms with Crippen molar-refractivity contribution in [1.82, 2.24) is 0 Å². The first-order chi connectivity index (χ1) is 12.1. The number of halogens is 4. The van der Waals surface area contributed by atoms with Gasteiger partial charge in [-0.2, -0.15) is 0 Å². The lowest BCUT2D eigenvalue weighted by molar-refractivity contribution is 0.154. The minimum atomic E-state index is -1.37. The Morgan fingerprint density at radius 1 is 0.760 bits per heavy atom. The highest BCUT2D eigenvalue weighted by atomic mass is 19.2. The number of hydrogen-bond acceptors (Lipinski definition) is 0. The molecule has 0 N–H and O–H groups in total. The van der Waals surface area contributed by atoms with Crippen LogP contribution in [0.15, 0.2) is 12.1 Å². The Balaban J connectivity index is 1.49. The summed E-state index contributed by atoms with van der Waals surface area (Å²) in [5.41, 5.74) is 0.602. The zero-order chi connectivity index (χ0) is 17.8. The fraction of sp³-hybridized carbons (Fsp3) is 0.714. The van der Waals surface area contributed by atoms with Crippen LogP contribution in [0.3, 0.4) is 0 Å². The molecule has 0 radical (unpaired) electrons. The predicted molar refractivity (Wildman–Crippen MR) is 91.7 cm³/mol. The number of rotatable bonds is 5. The minimum Gasteiger partial charge on any atom is -0.251 e. The van der Waals surface area contributed by atoms with Crippen molar-refractivity contribution in [2.75, 3.05) is 6.67 Å². The molecule has 0 aromatic heterocycles. The molecule has 2 saturated carbocycles. The van der Waals surface area contributed by atoms with E-state index >= 15 is 0 Å². The Bertz CT molecular complexity index is 532. The maximum atomic E-state index is 13.4. The molecular formula is C21H28F4. The van der Waals surface area contributed by atoms with Gasteiger partial charge in [0.1, 0.15) is 0 Å². The van der Waals surface area contributed by atoms with Crippen molar-refractivity contribution in [3.8, 4) is 0 Å². The summed E-state index contributed by atoms with van der Waals surface area (Å²) in [5, 5.41) is 0. The maximum absolute atomic E-state index is 13.4. The van der Waals surface area contributed by atoms with Crippen LogP contribution in [0.4, 0.5) is 17.6 Å². The van der Waals surface area contributed by atoms with Crippen LogP contribution in [-0.4, -0.2) is 6.67 Å². The van der Waals surface area contributed by atoms with E-state index < -0.39 is 17.5 Å². The first-order valence-electron chi connectivity index (χ1n) is 9.79. The molecule has 0 heterocycles. The quantitative estimate of drug-likeness (QED) is 0.396. The molecule has 0 atom stereocenters. The van der Waals surface area contributed by atoms with Crippen molar-refractivity contribution in [3.05, 3.63) is 35.1 Å². The van der Waals surface area contributed by atoms with E-state index in [1.54, 1.807) is 0 Å². The molecule has 0 nitrogen and oxygen atoms in total. The fourth-order valence-electron chi connectivity index (χ4n) is 5.05. The van der Waals surface area contributed by atoms with Crippen molar-refractivity contribution >= 4 is 0 Å². The molecule has 3 rings (SSSR count). The summed E-state index contributed by atoms with van der Waals surface area (Å²) in [6.45, 7) is -0.200. The Labute approximate surface area is 148 Å². The van der Waals surface area contributed by atoms with Crippen LogP contribution in [-0.2, 0) is 0 Å². The van der Waals surface area contributed by atoms with E-state index in [4.69, 9.17) is 0 Å². The number of hydrogen-bond donors (Lipinski definition) is 0. The normalized spacial score (nSPS) is 30.4. The van der Waals surface area contributed by atoms with Gasteiger partial charge in [0.25, 0.3) is 0 Å². The molecule has 0 unspecified atom stereocenters. The Kier molecular flexibility index (Phi) is 6.40. The van der Waals surface area contributed by atoms with Crippen LogP contribution in [0.25, 0.3) is 0 Å². The Morgan fingerprint density at radius 3 is 1.80 bits per heavy atom. The smallest absolute Gasteiger partial charge is 0.194 e. The van der Waals surface area contributed by atoms with E-state index in [0.717, 1.165) is 38.0 Å². The van der Waals surface area contributed by atoms with E-state index in [2.05, 4.69) is 0 Å². The van der Waals surface area contributed by atoms with E-state index in [1.165, 1.54) is 37.8 Å². The van der Waals surface area contributed by atoms with Crippen LogP contribution < -0.4 is 0 Å². The highest BCUT2D eigenvalue weighted by Gasteiger charge is 2.31. The third-order valence-electron chi connectivity index (χ3n) is 6.55. The second-order valence-corrected chi connectivity index (χ2v) is 8.02. The summed E-state index contributed by atoms with van der Waals surface area (Å²) in [4.78, 5) is 0. The van der Waals surface area contributed by atoms with Gasteiger partial charge in [0.15, 0.2) is 17.5 Å². The van der Waals surface area contributed by atoms with Crippen LogP contribution in [0, 0.1) is 35.2 Å². The molecule has 0 bridgehead atoms. The van der Waals surface area contributed by atoms with Gasteiger partial charge in [0.2, 0.25) is 0 Å². The lowest BCUT2D eigenvalue weighted by Crippen LogP contribution is -2.25. The van der Waals surface area contributed by atoms with E-state index in [-0.39, 0.29) is 12.6 Å². The van der Waals surface area contributed by atoms with Crippen molar-refractivity contribution in [2.24, 2.45) is 17.8 Å². The molecule has 2 aliphatic rings. The van der Waals surface area contributed by atoms with Gasteiger partial charge in [-0.1, -0.05) is 12.8 Å². The standard InChI is InChI=1S/C21H28F4/c22-11-1-2-14-3-5-15(6-4-14)16-7-9-17(10-8-16)18-12-19(23)21(25)20(24)13-18/h12-17H,1-11H2. The van der Waals surface area contributed by atoms with Gasteiger partial charge in [-0.15, -0.1) is 0 Å². The van der Waals surface area contributed by atoms with E-state index in [1.807, 2.05) is 0 Å². The van der Waals surface area contributed by atoms with Crippen molar-refractivity contribution in [1.29, 1.82) is 0 Å². The molecule has 25 heavy (non-hydrogen) atoms. The van der Waals surface area contributed by atoms with Gasteiger partial charge in [-0.3, -0.25) is 4.39 Å². The third kappa shape index (κ3) is 4.57. The molecule has 1 aromatic rings. The molecule has 0 spiro atoms. The lowest BCUT2D eigenvalue weighted by Gasteiger charge is -2.38. The Morgan fingerprint density at radius 2 is 1.28 bits per heavy atom. The van der Waals surface area contributed by atoms with Gasteiger partial charge in [0.05, 0.1) is 6.67 Å². The molecule has 0 aliphatic heterocycles. The molecule has 140 valence electrons. The van der Waals surface area contributed by atoms with Gasteiger partial charge < -0.3 is 0 Å². The van der Waals surface area contributed by atoms with Crippen LogP contribution >= 0.6 is 0 Å². The van der Waals surface area contributed by atoms with Crippen LogP contribution in [0.1, 0.15) is 75.7 Å². The van der Waals surface area contributed by atoms with Gasteiger partial charge >= 0.3 is 0 Å². The zero-order valence-corrected chi connectivity index (χ0v) is 14.8. The zero-order valence-electron chi connectivity index (χ0n) is 14.8. The molecule has 0 amide bonds. The summed E-state index contributed by atoms with van der Waals surface area (Å²) in [6, 6.07) is 2.33. The Hall–Kier alpha value is -1.06. The van der Waals surface area contributed by atoms with Gasteiger partial charge in [0, 0.05) is 0 Å². The lowest BCUT2D eigenvalue weighted by atomic mass is 9.68. The molecule has 4 heteroatoms. The summed E-state index contributed by atoms with van der Waals surface area (Å²) in [6.07, 6.45) is 10.7. The average molecular weight is 356 g/mol. The molecule has 0 saturated heterocycles. The number of alkyl halides is 1. The second-order valence-electron chi connectivity index (χ2n) is 8.02. The van der Waals surface area contributed by atoms with E-state index in [9.17, 15) is 17.6 Å². The molecular weight excluding hydrogens is 328 g/mol. The average Bonchev–Trinajstić information content (AvgIpc) is 2.64. The summed E-state index contributed by atoms with van der Waals surface area (Å²) >= 11 is 0. The highest BCUT2D eigenvalue weighted by molar-refractivity contribution is 5.23. The van der Waals surface area contributed by atoms with Gasteiger partial charge in [-0.05, 0) is 92.7 Å². The second kappa shape index (κ2) is 8.55. The largest absolute Gasteiger partial charge is 0.251 e. The van der Waals surface area contributed by atoms with Crippen molar-refractivity contribution < 1.29 is 17.6 Å². The minimum absolute atomic E-state index is 0.141. The summed E-state index contributed by atoms with van der Waals surface area (Å²) in [7, 11) is 0. The monoisotopic (exact) mass is 356 g/mol. The molecule has 1 aromatic carbocycles. The third-order valence-corrected chi connectivity index (χ3v) is 6.55. The van der Waals surface area contributed by atoms with Crippen molar-refractivity contribution in [2.45, 2.75) is 70.1 Å². The molecule has 2 fully saturated rings. The molecule has 2 aliphatic carbocycles. The highest BCUT2D eigenvalue weighted by Crippen LogP contribution is 2.44. The SMILES string of the molecule is FCCCC1CCC(C2CCC(c3cc(F)c(F)c(F)c3)CC2)CC1. The van der Waals surface area contributed by atoms with Crippen molar-refractivity contribution in [3.63, 3.8) is 0 Å². The van der Waals surface area contributed by atoms with Crippen LogP contribution in [0.5, 0.6) is 0 Å². The number of benzene rings is 1. The first-order valence-corrected chi connectivity index (χ1v) is 9.79. The topological polar surface area (TPSA) is 0 Å². The first kappa shape index (κ1) is 18.7.